The normalized spacial score (nSPS) is 23.0. The average molecular weight is 348 g/mol. The molecule has 2 aromatic rings. The fourth-order valence-electron chi connectivity index (χ4n) is 4.46. The van der Waals surface area contributed by atoms with Crippen LogP contribution in [-0.4, -0.2) is 23.3 Å². The quantitative estimate of drug-likeness (QED) is 0.663. The van der Waals surface area contributed by atoms with Gasteiger partial charge < -0.3 is 9.84 Å². The van der Waals surface area contributed by atoms with Gasteiger partial charge in [-0.15, -0.1) is 0 Å². The molecule has 2 aliphatic rings. The van der Waals surface area contributed by atoms with Gasteiger partial charge in [-0.3, -0.25) is 4.79 Å². The number of cyclic esters (lactones) is 1. The Morgan fingerprint density at radius 1 is 0.962 bits per heavy atom. The van der Waals surface area contributed by atoms with Crippen LogP contribution < -0.4 is 0 Å². The van der Waals surface area contributed by atoms with Crippen LogP contribution in [0.25, 0.3) is 16.7 Å². The van der Waals surface area contributed by atoms with Gasteiger partial charge in [-0.05, 0) is 72.7 Å². The topological polar surface area (TPSA) is 46.5 Å². The van der Waals surface area contributed by atoms with Gasteiger partial charge in [0.05, 0.1) is 12.5 Å². The largest absolute Gasteiger partial charge is 0.458 e. The number of aryl methyl sites for hydroxylation is 4. The van der Waals surface area contributed by atoms with Crippen LogP contribution in [0, 0.1) is 27.7 Å². The van der Waals surface area contributed by atoms with E-state index in [2.05, 4.69) is 52.0 Å². The highest BCUT2D eigenvalue weighted by Crippen LogP contribution is 2.48. The summed E-state index contributed by atoms with van der Waals surface area (Å²) in [7, 11) is 0. The molecule has 26 heavy (non-hydrogen) atoms. The molecule has 3 heteroatoms. The van der Waals surface area contributed by atoms with Crippen molar-refractivity contribution in [2.24, 2.45) is 0 Å². The molecule has 1 fully saturated rings. The molecule has 4 rings (SSSR count). The Balaban J connectivity index is 1.94. The number of esters is 1. The zero-order valence-corrected chi connectivity index (χ0v) is 15.7. The van der Waals surface area contributed by atoms with E-state index >= 15 is 0 Å². The molecular weight excluding hydrogens is 324 g/mol. The van der Waals surface area contributed by atoms with Crippen LogP contribution >= 0.6 is 0 Å². The van der Waals surface area contributed by atoms with Crippen molar-refractivity contribution in [2.45, 2.75) is 52.7 Å². The third-order valence-electron chi connectivity index (χ3n) is 5.33. The number of fused-ring (bicyclic) bond motifs is 3. The maximum atomic E-state index is 11.8. The second kappa shape index (κ2) is 6.10. The van der Waals surface area contributed by atoms with E-state index in [0.717, 1.165) is 5.57 Å². The van der Waals surface area contributed by atoms with E-state index in [9.17, 15) is 9.90 Å². The molecule has 1 aliphatic heterocycles. The van der Waals surface area contributed by atoms with E-state index in [1.807, 2.05) is 6.08 Å². The molecule has 134 valence electrons. The van der Waals surface area contributed by atoms with Crippen molar-refractivity contribution in [3.8, 4) is 11.1 Å². The lowest BCUT2D eigenvalue weighted by atomic mass is 9.94. The highest BCUT2D eigenvalue weighted by atomic mass is 16.5. The van der Waals surface area contributed by atoms with Gasteiger partial charge in [0.15, 0.2) is 0 Å². The second-order valence-corrected chi connectivity index (χ2v) is 7.71. The van der Waals surface area contributed by atoms with Gasteiger partial charge in [0.1, 0.15) is 6.10 Å². The summed E-state index contributed by atoms with van der Waals surface area (Å²) in [6, 6.07) is 8.87. The molecule has 0 radical (unpaired) electrons. The van der Waals surface area contributed by atoms with Crippen molar-refractivity contribution in [2.75, 3.05) is 0 Å². The molecule has 0 unspecified atom stereocenters. The first-order valence-corrected chi connectivity index (χ1v) is 9.16. The summed E-state index contributed by atoms with van der Waals surface area (Å²) in [5.41, 5.74) is 11.0. The second-order valence-electron chi connectivity index (χ2n) is 7.71. The molecule has 3 nitrogen and oxygen atoms in total. The summed E-state index contributed by atoms with van der Waals surface area (Å²) in [6.45, 7) is 8.52. The number of hydrogen-bond acceptors (Lipinski definition) is 3. The monoisotopic (exact) mass is 348 g/mol. The first-order chi connectivity index (χ1) is 12.3. The predicted octanol–water partition coefficient (Wildman–Crippen LogP) is 4.40. The van der Waals surface area contributed by atoms with E-state index in [4.69, 9.17) is 4.74 Å². The Labute approximate surface area is 154 Å². The number of carbonyl (C=O) groups excluding carboxylic acids is 1. The van der Waals surface area contributed by atoms with Crippen molar-refractivity contribution < 1.29 is 14.6 Å². The fraction of sp³-hybridized carbons (Fsp3) is 0.348. The number of aliphatic hydroxyl groups excluding tert-OH is 1. The molecule has 1 saturated heterocycles. The van der Waals surface area contributed by atoms with Gasteiger partial charge in [-0.25, -0.2) is 0 Å². The number of rotatable bonds is 1. The minimum Gasteiger partial charge on any atom is -0.458 e. The van der Waals surface area contributed by atoms with E-state index in [0.29, 0.717) is 6.42 Å². The van der Waals surface area contributed by atoms with Crippen molar-refractivity contribution in [3.05, 3.63) is 63.7 Å². The number of hydrogen-bond donors (Lipinski definition) is 1. The standard InChI is InChI=1S/C23H24O3/c1-12-5-14(3)22-18(7-12)19(11-17-9-16(24)10-21(25)26-17)23-15(4)6-13(2)8-20(22)23/h5-8,11,16-17,24H,9-10H2,1-4H3/b19-11+/t16-,17+/m1/s1. The summed E-state index contributed by atoms with van der Waals surface area (Å²) in [4.78, 5) is 11.8. The van der Waals surface area contributed by atoms with Crippen LogP contribution in [-0.2, 0) is 9.53 Å². The molecule has 0 aromatic heterocycles. The van der Waals surface area contributed by atoms with Crippen LogP contribution in [0.2, 0.25) is 0 Å². The van der Waals surface area contributed by atoms with Crippen molar-refractivity contribution in [3.63, 3.8) is 0 Å². The van der Waals surface area contributed by atoms with E-state index in [-0.39, 0.29) is 18.5 Å². The van der Waals surface area contributed by atoms with Crippen molar-refractivity contribution >= 4 is 11.5 Å². The molecule has 2 aromatic carbocycles. The molecular formula is C23H24O3. The summed E-state index contributed by atoms with van der Waals surface area (Å²) in [5.74, 6) is -0.329. The van der Waals surface area contributed by atoms with Crippen LogP contribution in [0.15, 0.2) is 30.3 Å². The highest BCUT2D eigenvalue weighted by molar-refractivity contribution is 6.03. The van der Waals surface area contributed by atoms with Crippen molar-refractivity contribution in [1.29, 1.82) is 0 Å². The lowest BCUT2D eigenvalue weighted by Crippen LogP contribution is -2.31. The summed E-state index contributed by atoms with van der Waals surface area (Å²) < 4.78 is 5.50. The number of aliphatic hydroxyl groups is 1. The molecule has 0 saturated carbocycles. The first kappa shape index (κ1) is 17.0. The van der Waals surface area contributed by atoms with Crippen LogP contribution in [0.4, 0.5) is 0 Å². The molecule has 1 aliphatic carbocycles. The highest BCUT2D eigenvalue weighted by Gasteiger charge is 2.31. The first-order valence-electron chi connectivity index (χ1n) is 9.16. The van der Waals surface area contributed by atoms with Crippen molar-refractivity contribution in [1.82, 2.24) is 0 Å². The summed E-state index contributed by atoms with van der Waals surface area (Å²) in [6.07, 6.45) is 1.56. The fourth-order valence-corrected chi connectivity index (χ4v) is 4.46. The van der Waals surface area contributed by atoms with Gasteiger partial charge >= 0.3 is 5.97 Å². The number of ether oxygens (including phenoxy) is 1. The third-order valence-corrected chi connectivity index (χ3v) is 5.33. The van der Waals surface area contributed by atoms with Gasteiger partial charge in [0, 0.05) is 6.42 Å². The van der Waals surface area contributed by atoms with Gasteiger partial charge in [-0.1, -0.05) is 35.4 Å². The molecule has 1 N–H and O–H groups in total. The summed E-state index contributed by atoms with van der Waals surface area (Å²) in [5, 5.41) is 9.96. The Morgan fingerprint density at radius 3 is 2.23 bits per heavy atom. The molecule has 2 atom stereocenters. The summed E-state index contributed by atoms with van der Waals surface area (Å²) >= 11 is 0. The van der Waals surface area contributed by atoms with Crippen LogP contribution in [0.3, 0.4) is 0 Å². The Morgan fingerprint density at radius 2 is 1.58 bits per heavy atom. The van der Waals surface area contributed by atoms with Crippen LogP contribution in [0.5, 0.6) is 0 Å². The Kier molecular flexibility index (Phi) is 4.00. The van der Waals surface area contributed by atoms with E-state index in [1.54, 1.807) is 0 Å². The van der Waals surface area contributed by atoms with Crippen LogP contribution in [0.1, 0.15) is 46.2 Å². The maximum absolute atomic E-state index is 11.8. The lowest BCUT2D eigenvalue weighted by Gasteiger charge is -2.24. The van der Waals surface area contributed by atoms with Gasteiger partial charge in [0.2, 0.25) is 0 Å². The third kappa shape index (κ3) is 2.77. The Hall–Kier alpha value is -2.39. The smallest absolute Gasteiger partial charge is 0.309 e. The molecule has 0 amide bonds. The average Bonchev–Trinajstić information content (AvgIpc) is 2.80. The van der Waals surface area contributed by atoms with Gasteiger partial charge in [-0.2, -0.15) is 0 Å². The minimum absolute atomic E-state index is 0.0866. The SMILES string of the molecule is Cc1cc(C)c2c(c1)/C(=C\[C@@H]1C[C@@H](O)CC(=O)O1)c1c(C)cc(C)cc1-2. The Bertz CT molecular complexity index is 952. The minimum atomic E-state index is -0.628. The zero-order valence-electron chi connectivity index (χ0n) is 15.7. The van der Waals surface area contributed by atoms with Gasteiger partial charge in [0.25, 0.3) is 0 Å². The number of carbonyl (C=O) groups is 1. The lowest BCUT2D eigenvalue weighted by molar-refractivity contribution is -0.156. The number of benzene rings is 2. The zero-order chi connectivity index (χ0) is 18.6. The molecule has 0 bridgehead atoms. The molecule has 1 heterocycles. The molecule has 0 spiro atoms. The maximum Gasteiger partial charge on any atom is 0.309 e. The van der Waals surface area contributed by atoms with E-state index < -0.39 is 6.10 Å². The van der Waals surface area contributed by atoms with E-state index in [1.165, 1.54) is 44.5 Å². The predicted molar refractivity (Wildman–Crippen MR) is 103 cm³/mol.